The van der Waals surface area contributed by atoms with Gasteiger partial charge in [-0.2, -0.15) is 0 Å². The zero-order chi connectivity index (χ0) is 26.4. The molecule has 0 radical (unpaired) electrons. The van der Waals surface area contributed by atoms with Crippen molar-refractivity contribution in [2.24, 2.45) is 5.73 Å². The van der Waals surface area contributed by atoms with Gasteiger partial charge in [0.05, 0.1) is 11.6 Å². The Kier molecular flexibility index (Phi) is 8.74. The van der Waals surface area contributed by atoms with Crippen LogP contribution in [0.15, 0.2) is 72.8 Å². The molecule has 0 spiro atoms. The SMILES string of the molecule is CC(C(=O)N(Cc1cccc(C(=N)N)c1)C1CCCCC1)c1ccc(-c2ccccc2)c(NS(=O)[O-])c1. The number of hydrogen-bond donors (Lipinski definition) is 3. The molecule has 0 saturated heterocycles. The van der Waals surface area contributed by atoms with E-state index in [9.17, 15) is 13.6 Å². The lowest BCUT2D eigenvalue weighted by Crippen LogP contribution is -2.43. The van der Waals surface area contributed by atoms with E-state index in [1.54, 1.807) is 12.1 Å². The number of benzene rings is 3. The second kappa shape index (κ2) is 12.2. The molecule has 4 rings (SSSR count). The molecule has 1 fully saturated rings. The number of carbonyl (C=O) groups excluding carboxylic acids is 1. The van der Waals surface area contributed by atoms with Crippen LogP contribution in [0.5, 0.6) is 0 Å². The summed E-state index contributed by atoms with van der Waals surface area (Å²) in [5.41, 5.74) is 10.1. The highest BCUT2D eigenvalue weighted by Crippen LogP contribution is 2.33. The Morgan fingerprint density at radius 1 is 1.08 bits per heavy atom. The summed E-state index contributed by atoms with van der Waals surface area (Å²) in [5, 5.41) is 7.77. The third-order valence-electron chi connectivity index (χ3n) is 7.08. The van der Waals surface area contributed by atoms with Crippen molar-refractivity contribution in [3.8, 4) is 11.1 Å². The van der Waals surface area contributed by atoms with Gasteiger partial charge in [-0.1, -0.05) is 79.9 Å². The third-order valence-corrected chi connectivity index (χ3v) is 7.47. The summed E-state index contributed by atoms with van der Waals surface area (Å²) < 4.78 is 25.6. The summed E-state index contributed by atoms with van der Waals surface area (Å²) >= 11 is -2.50. The summed E-state index contributed by atoms with van der Waals surface area (Å²) in [6, 6.07) is 22.7. The van der Waals surface area contributed by atoms with Gasteiger partial charge in [-0.25, -0.2) is 0 Å². The molecular weight excluding hydrogens is 484 g/mol. The van der Waals surface area contributed by atoms with Gasteiger partial charge in [-0.15, -0.1) is 0 Å². The van der Waals surface area contributed by atoms with Crippen molar-refractivity contribution in [3.05, 3.63) is 89.5 Å². The van der Waals surface area contributed by atoms with Gasteiger partial charge < -0.3 is 19.9 Å². The molecule has 1 amide bonds. The van der Waals surface area contributed by atoms with E-state index in [4.69, 9.17) is 11.1 Å². The van der Waals surface area contributed by atoms with Crippen LogP contribution < -0.4 is 10.5 Å². The molecule has 0 aromatic heterocycles. The van der Waals surface area contributed by atoms with Crippen LogP contribution >= 0.6 is 0 Å². The van der Waals surface area contributed by atoms with Gasteiger partial charge in [0, 0.05) is 35.0 Å². The summed E-state index contributed by atoms with van der Waals surface area (Å²) in [5.74, 6) is -0.467. The molecule has 1 aliphatic rings. The van der Waals surface area contributed by atoms with Crippen molar-refractivity contribution in [1.29, 1.82) is 5.41 Å². The number of carbonyl (C=O) groups is 1. The number of nitrogens with two attached hydrogens (primary N) is 1. The third kappa shape index (κ3) is 6.64. The van der Waals surface area contributed by atoms with E-state index in [1.165, 1.54) is 6.42 Å². The first kappa shape index (κ1) is 26.6. The molecule has 0 bridgehead atoms. The highest BCUT2D eigenvalue weighted by Gasteiger charge is 2.30. The first-order valence-corrected chi connectivity index (χ1v) is 13.7. The summed E-state index contributed by atoms with van der Waals surface area (Å²) in [4.78, 5) is 15.9. The normalized spacial score (nSPS) is 15.5. The van der Waals surface area contributed by atoms with Crippen LogP contribution in [0.3, 0.4) is 0 Å². The molecule has 3 aromatic carbocycles. The van der Waals surface area contributed by atoms with Crippen molar-refractivity contribution in [2.75, 3.05) is 4.72 Å². The van der Waals surface area contributed by atoms with Crippen molar-refractivity contribution >= 4 is 28.7 Å². The molecule has 2 unspecified atom stereocenters. The maximum Gasteiger partial charge on any atom is 0.230 e. The van der Waals surface area contributed by atoms with E-state index < -0.39 is 17.2 Å². The number of amides is 1. The second-order valence-electron chi connectivity index (χ2n) is 9.60. The Balaban J connectivity index is 1.65. The topological polar surface area (TPSA) is 122 Å². The molecule has 1 aliphatic carbocycles. The molecule has 7 nitrogen and oxygen atoms in total. The molecule has 8 heteroatoms. The Labute approximate surface area is 221 Å². The van der Waals surface area contributed by atoms with E-state index in [-0.39, 0.29) is 17.8 Å². The van der Waals surface area contributed by atoms with Gasteiger partial charge in [0.15, 0.2) is 0 Å². The zero-order valence-corrected chi connectivity index (χ0v) is 21.8. The van der Waals surface area contributed by atoms with Crippen LogP contribution in [0.1, 0.15) is 61.6 Å². The number of amidine groups is 1. The number of nitrogen functional groups attached to an aromatic ring is 1. The van der Waals surface area contributed by atoms with Gasteiger partial charge in [-0.05, 0) is 48.6 Å². The fraction of sp³-hybridized carbons (Fsp3) is 0.310. The lowest BCUT2D eigenvalue weighted by molar-refractivity contribution is -0.136. The maximum atomic E-state index is 14.0. The zero-order valence-electron chi connectivity index (χ0n) is 21.0. The monoisotopic (exact) mass is 517 g/mol. The molecular formula is C29H33N4O3S-. The minimum Gasteiger partial charge on any atom is -0.755 e. The lowest BCUT2D eigenvalue weighted by Gasteiger charge is -2.36. The van der Waals surface area contributed by atoms with Crippen LogP contribution in [0, 0.1) is 5.41 Å². The van der Waals surface area contributed by atoms with Crippen LogP contribution in [0.25, 0.3) is 11.1 Å². The van der Waals surface area contributed by atoms with E-state index in [0.717, 1.165) is 47.9 Å². The second-order valence-corrected chi connectivity index (χ2v) is 10.3. The number of hydrogen-bond acceptors (Lipinski definition) is 4. The van der Waals surface area contributed by atoms with Gasteiger partial charge in [-0.3, -0.25) is 14.4 Å². The summed E-state index contributed by atoms with van der Waals surface area (Å²) in [6.45, 7) is 2.31. The number of rotatable bonds is 9. The fourth-order valence-electron chi connectivity index (χ4n) is 5.08. The minimum absolute atomic E-state index is 0.0000525. The predicted octanol–water partition coefficient (Wildman–Crippen LogP) is 5.31. The van der Waals surface area contributed by atoms with Gasteiger partial charge in [0.2, 0.25) is 5.91 Å². The Hall–Kier alpha value is -3.49. The average molecular weight is 518 g/mol. The van der Waals surface area contributed by atoms with Crippen LogP contribution in [0.4, 0.5) is 5.69 Å². The molecule has 0 aliphatic heterocycles. The standard InChI is InChI=1S/C29H34N4O3S/c1-20(23-15-16-26(22-10-4-2-5-11-22)27(18-23)32-37(35)36)29(34)33(25-13-6-3-7-14-25)19-21-9-8-12-24(17-21)28(30)31/h2,4-5,8-12,15-18,20,25,32H,3,6-7,13-14,19H2,1H3,(H3,30,31)(H,35,36)/p-1. The summed E-state index contributed by atoms with van der Waals surface area (Å²) in [6.07, 6.45) is 5.27. The molecule has 3 aromatic rings. The first-order chi connectivity index (χ1) is 17.8. The van der Waals surface area contributed by atoms with Crippen LogP contribution in [0.2, 0.25) is 0 Å². The molecule has 194 valence electrons. The van der Waals surface area contributed by atoms with Crippen molar-refractivity contribution in [2.45, 2.75) is 57.5 Å². The highest BCUT2D eigenvalue weighted by molar-refractivity contribution is 7.80. The molecule has 0 heterocycles. The number of nitrogens with one attached hydrogen (secondary N) is 2. The average Bonchev–Trinajstić information content (AvgIpc) is 2.91. The van der Waals surface area contributed by atoms with E-state index in [1.807, 2.05) is 72.5 Å². The molecule has 4 N–H and O–H groups in total. The van der Waals surface area contributed by atoms with Gasteiger partial charge in [0.1, 0.15) is 5.84 Å². The number of nitrogens with zero attached hydrogens (tertiary/aromatic N) is 1. The first-order valence-electron chi connectivity index (χ1n) is 12.6. The maximum absolute atomic E-state index is 14.0. The smallest absolute Gasteiger partial charge is 0.230 e. The highest BCUT2D eigenvalue weighted by atomic mass is 32.2. The van der Waals surface area contributed by atoms with Crippen LogP contribution in [-0.2, 0) is 22.6 Å². The Bertz CT molecular complexity index is 1280. The number of anilines is 1. The predicted molar refractivity (Wildman–Crippen MR) is 148 cm³/mol. The van der Waals surface area contributed by atoms with Crippen molar-refractivity contribution in [1.82, 2.24) is 4.90 Å². The molecule has 37 heavy (non-hydrogen) atoms. The molecule has 1 saturated carbocycles. The van der Waals surface area contributed by atoms with E-state index >= 15 is 0 Å². The van der Waals surface area contributed by atoms with Gasteiger partial charge in [0.25, 0.3) is 0 Å². The van der Waals surface area contributed by atoms with Gasteiger partial charge >= 0.3 is 0 Å². The fourth-order valence-corrected chi connectivity index (χ4v) is 5.43. The van der Waals surface area contributed by atoms with Crippen molar-refractivity contribution in [3.63, 3.8) is 0 Å². The Morgan fingerprint density at radius 3 is 2.49 bits per heavy atom. The molecule has 2 atom stereocenters. The lowest BCUT2D eigenvalue weighted by atomic mass is 9.90. The van der Waals surface area contributed by atoms with Crippen LogP contribution in [-0.4, -0.2) is 31.4 Å². The largest absolute Gasteiger partial charge is 0.755 e. The quantitative estimate of drug-likeness (QED) is 0.202. The minimum atomic E-state index is -2.50. The van der Waals surface area contributed by atoms with E-state index in [0.29, 0.717) is 17.8 Å². The Morgan fingerprint density at radius 2 is 1.81 bits per heavy atom. The summed E-state index contributed by atoms with van der Waals surface area (Å²) in [7, 11) is 0. The van der Waals surface area contributed by atoms with Crippen molar-refractivity contribution < 1.29 is 13.6 Å². The van der Waals surface area contributed by atoms with E-state index in [2.05, 4.69) is 4.72 Å².